The average molecular weight is 597 g/mol. The number of rotatable bonds is 9. The average Bonchev–Trinajstić information content (AvgIpc) is 3.31. The molecule has 0 saturated carbocycles. The van der Waals surface area contributed by atoms with Gasteiger partial charge < -0.3 is 15.4 Å². The summed E-state index contributed by atoms with van der Waals surface area (Å²) in [5, 5.41) is 9.71. The Labute approximate surface area is 225 Å². The van der Waals surface area contributed by atoms with Gasteiger partial charge in [-0.15, -0.1) is 0 Å². The Morgan fingerprint density at radius 1 is 1.18 bits per heavy atom. The van der Waals surface area contributed by atoms with Gasteiger partial charge in [0.2, 0.25) is 5.91 Å². The first-order valence-corrected chi connectivity index (χ1v) is 14.3. The van der Waals surface area contributed by atoms with E-state index in [1.165, 1.54) is 16.8 Å². The minimum atomic E-state index is -4.51. The van der Waals surface area contributed by atoms with Gasteiger partial charge in [-0.25, -0.2) is 13.1 Å². The molecule has 1 aromatic carbocycles. The lowest BCUT2D eigenvalue weighted by atomic mass is 9.82. The number of aryl methyl sites for hydroxylation is 2. The molecule has 16 heteroatoms. The van der Waals surface area contributed by atoms with Crippen LogP contribution in [-0.4, -0.2) is 61.0 Å². The summed E-state index contributed by atoms with van der Waals surface area (Å²) in [6, 6.07) is 4.42. The summed E-state index contributed by atoms with van der Waals surface area (Å²) in [7, 11) is -3.72. The summed E-state index contributed by atoms with van der Waals surface area (Å²) in [6.07, 6.45) is -8.30. The van der Waals surface area contributed by atoms with Crippen molar-refractivity contribution in [2.24, 2.45) is 0 Å². The number of carbonyl (C=O) groups is 2. The van der Waals surface area contributed by atoms with Crippen molar-refractivity contribution >= 4 is 27.5 Å². The molecule has 40 heavy (non-hydrogen) atoms. The number of aromatic nitrogens is 2. The molecular formula is C24H26F6N4O5S. The molecule has 1 aliphatic heterocycles. The van der Waals surface area contributed by atoms with Crippen LogP contribution in [0.2, 0.25) is 0 Å². The molecule has 1 atom stereocenters. The lowest BCUT2D eigenvalue weighted by molar-refractivity contribution is -0.153. The first kappa shape index (κ1) is 29.7. The zero-order chi connectivity index (χ0) is 29.5. The first-order chi connectivity index (χ1) is 18.4. The second kappa shape index (κ2) is 10.6. The highest BCUT2D eigenvalue weighted by molar-refractivity contribution is 7.91. The smallest absolute Gasteiger partial charge is 0.422 e. The molecule has 2 amide bonds. The molecule has 2 aromatic rings. The second-order valence-electron chi connectivity index (χ2n) is 10.0. The number of hydrogen-bond acceptors (Lipinski definition) is 6. The van der Waals surface area contributed by atoms with E-state index in [1.54, 1.807) is 6.07 Å². The molecular weight excluding hydrogens is 570 g/mol. The van der Waals surface area contributed by atoms with Crippen molar-refractivity contribution in [1.82, 2.24) is 15.1 Å². The minimum absolute atomic E-state index is 0.0192. The largest absolute Gasteiger partial charge is 0.484 e. The van der Waals surface area contributed by atoms with Gasteiger partial charge in [0.25, 0.3) is 5.91 Å². The number of amides is 2. The van der Waals surface area contributed by atoms with Gasteiger partial charge in [-0.1, -0.05) is 6.07 Å². The number of nitrogens with zero attached hydrogens (tertiary/aromatic N) is 2. The van der Waals surface area contributed by atoms with Crippen LogP contribution >= 0.6 is 0 Å². The van der Waals surface area contributed by atoms with Crippen molar-refractivity contribution in [3.8, 4) is 5.75 Å². The summed E-state index contributed by atoms with van der Waals surface area (Å²) in [6.45, 7) is -1.53. The molecule has 1 spiro atoms. The van der Waals surface area contributed by atoms with E-state index in [2.05, 4.69) is 15.7 Å². The molecule has 2 N–H and O–H groups in total. The summed E-state index contributed by atoms with van der Waals surface area (Å²) < 4.78 is 105. The normalized spacial score (nSPS) is 18.8. The molecule has 2 aliphatic rings. The summed E-state index contributed by atoms with van der Waals surface area (Å²) in [5.74, 6) is -2.54. The van der Waals surface area contributed by atoms with Gasteiger partial charge in [-0.05, 0) is 48.9 Å². The van der Waals surface area contributed by atoms with Crippen molar-refractivity contribution in [2.45, 2.75) is 63.0 Å². The van der Waals surface area contributed by atoms with E-state index in [-0.39, 0.29) is 48.6 Å². The SMILES string of the molecule is CS(=O)(=O)CC(=O)Nc1c2c(nn1CCCCC(F)(F)F)C[C@@]1(CCc3cc(OCC(F)(F)F)ccc31)NC2=O. The van der Waals surface area contributed by atoms with Gasteiger partial charge in [-0.2, -0.15) is 31.4 Å². The zero-order valence-electron chi connectivity index (χ0n) is 21.2. The van der Waals surface area contributed by atoms with E-state index in [9.17, 15) is 44.3 Å². The summed E-state index contributed by atoms with van der Waals surface area (Å²) in [4.78, 5) is 25.8. The molecule has 0 fully saturated rings. The van der Waals surface area contributed by atoms with Gasteiger partial charge in [0.1, 0.15) is 22.9 Å². The Bertz CT molecular complexity index is 1420. The predicted octanol–water partition coefficient (Wildman–Crippen LogP) is 3.67. The minimum Gasteiger partial charge on any atom is -0.484 e. The fourth-order valence-corrected chi connectivity index (χ4v) is 5.61. The molecule has 0 saturated heterocycles. The number of benzene rings is 1. The molecule has 2 heterocycles. The van der Waals surface area contributed by atoms with Gasteiger partial charge in [0.15, 0.2) is 16.4 Å². The van der Waals surface area contributed by atoms with Gasteiger partial charge in [-0.3, -0.25) is 9.59 Å². The Balaban J connectivity index is 1.62. The van der Waals surface area contributed by atoms with Crippen molar-refractivity contribution in [3.05, 3.63) is 40.6 Å². The fourth-order valence-electron chi connectivity index (χ4n) is 5.06. The van der Waals surface area contributed by atoms with Crippen LogP contribution in [0.4, 0.5) is 32.2 Å². The molecule has 0 radical (unpaired) electrons. The third-order valence-electron chi connectivity index (χ3n) is 6.62. The summed E-state index contributed by atoms with van der Waals surface area (Å²) >= 11 is 0. The molecule has 1 aromatic heterocycles. The van der Waals surface area contributed by atoms with Crippen LogP contribution in [0, 0.1) is 0 Å². The highest BCUT2D eigenvalue weighted by atomic mass is 32.2. The van der Waals surface area contributed by atoms with E-state index in [1.807, 2.05) is 0 Å². The van der Waals surface area contributed by atoms with Crippen molar-refractivity contribution in [3.63, 3.8) is 0 Å². The topological polar surface area (TPSA) is 119 Å². The van der Waals surface area contributed by atoms with Crippen LogP contribution in [0.15, 0.2) is 18.2 Å². The number of halogens is 6. The second-order valence-corrected chi connectivity index (χ2v) is 12.2. The van der Waals surface area contributed by atoms with Crippen molar-refractivity contribution < 1.29 is 49.1 Å². The van der Waals surface area contributed by atoms with Crippen LogP contribution in [0.25, 0.3) is 0 Å². The summed E-state index contributed by atoms with van der Waals surface area (Å²) in [5.41, 5.74) is 0.608. The highest BCUT2D eigenvalue weighted by Crippen LogP contribution is 2.44. The maximum atomic E-state index is 13.4. The predicted molar refractivity (Wildman–Crippen MR) is 130 cm³/mol. The quantitative estimate of drug-likeness (QED) is 0.337. The number of fused-ring (bicyclic) bond motifs is 3. The molecule has 9 nitrogen and oxygen atoms in total. The van der Waals surface area contributed by atoms with E-state index in [0.717, 1.165) is 6.26 Å². The molecule has 220 valence electrons. The van der Waals surface area contributed by atoms with Crippen LogP contribution in [0.3, 0.4) is 0 Å². The Morgan fingerprint density at radius 3 is 2.55 bits per heavy atom. The maximum Gasteiger partial charge on any atom is 0.422 e. The standard InChI is InChI=1S/C24H26F6N4O5S/c1-40(37,38)12-18(35)31-20-19-17(33-34(20)9-3-2-7-23(25,26)27)11-22(32-21(19)36)8-6-14-10-15(4-5-16(14)22)39-13-24(28,29)30/h4-5,10H,2-3,6-9,11-13H2,1H3,(H,31,35)(H,32,36)/t22-/m1/s1. The van der Waals surface area contributed by atoms with E-state index < -0.39 is 58.3 Å². The van der Waals surface area contributed by atoms with Crippen LogP contribution in [0.5, 0.6) is 5.75 Å². The Hall–Kier alpha value is -3.30. The van der Waals surface area contributed by atoms with Crippen molar-refractivity contribution in [2.75, 3.05) is 23.9 Å². The lowest BCUT2D eigenvalue weighted by Gasteiger charge is -2.35. The first-order valence-electron chi connectivity index (χ1n) is 12.2. The Morgan fingerprint density at radius 2 is 1.90 bits per heavy atom. The number of hydrogen-bond donors (Lipinski definition) is 2. The van der Waals surface area contributed by atoms with E-state index >= 15 is 0 Å². The number of nitrogens with one attached hydrogen (secondary N) is 2. The number of ether oxygens (including phenoxy) is 1. The number of anilines is 1. The number of carbonyl (C=O) groups excluding carboxylic acids is 2. The van der Waals surface area contributed by atoms with Crippen LogP contribution < -0.4 is 15.4 Å². The third kappa shape index (κ3) is 7.06. The lowest BCUT2D eigenvalue weighted by Crippen LogP contribution is -2.49. The number of sulfone groups is 1. The molecule has 0 bridgehead atoms. The van der Waals surface area contributed by atoms with E-state index in [0.29, 0.717) is 24.0 Å². The van der Waals surface area contributed by atoms with Crippen LogP contribution in [-0.2, 0) is 39.6 Å². The fraction of sp³-hybridized carbons (Fsp3) is 0.542. The van der Waals surface area contributed by atoms with E-state index in [4.69, 9.17) is 4.74 Å². The monoisotopic (exact) mass is 596 g/mol. The van der Waals surface area contributed by atoms with Gasteiger partial charge >= 0.3 is 12.4 Å². The van der Waals surface area contributed by atoms with Gasteiger partial charge in [0, 0.05) is 25.6 Å². The zero-order valence-corrected chi connectivity index (χ0v) is 22.0. The maximum absolute atomic E-state index is 13.4. The van der Waals surface area contributed by atoms with Crippen LogP contribution in [0.1, 0.15) is 52.9 Å². The molecule has 1 aliphatic carbocycles. The third-order valence-corrected chi connectivity index (χ3v) is 7.41. The molecule has 4 rings (SSSR count). The van der Waals surface area contributed by atoms with Crippen molar-refractivity contribution in [1.29, 1.82) is 0 Å². The van der Waals surface area contributed by atoms with Gasteiger partial charge in [0.05, 0.1) is 11.2 Å². The molecule has 0 unspecified atom stereocenters. The number of unbranched alkanes of at least 4 members (excludes halogenated alkanes) is 1. The highest BCUT2D eigenvalue weighted by Gasteiger charge is 2.46. The number of alkyl halides is 6. The Kier molecular flexibility index (Phi) is 7.86.